The molecular weight excluding hydrogens is 424 g/mol. The minimum Gasteiger partial charge on any atom is -0.494 e. The molecule has 1 heterocycles. The SMILES string of the molecule is COC(=O)/C=C/C(=O)Nc1cccc(OCCCCSC(=S)N2CCC(O)CC2)c1. The van der Waals surface area contributed by atoms with E-state index in [-0.39, 0.29) is 6.10 Å². The summed E-state index contributed by atoms with van der Waals surface area (Å²) in [4.78, 5) is 25.0. The summed E-state index contributed by atoms with van der Waals surface area (Å²) in [7, 11) is 1.25. The van der Waals surface area contributed by atoms with Gasteiger partial charge in [0, 0.05) is 42.7 Å². The third kappa shape index (κ3) is 9.15. The zero-order valence-electron chi connectivity index (χ0n) is 17.0. The van der Waals surface area contributed by atoms with Crippen LogP contribution < -0.4 is 10.1 Å². The highest BCUT2D eigenvalue weighted by Gasteiger charge is 2.18. The summed E-state index contributed by atoms with van der Waals surface area (Å²) >= 11 is 7.15. The molecule has 1 aromatic rings. The number of likely N-dealkylation sites (tertiary alicyclic amines) is 1. The Kier molecular flexibility index (Phi) is 10.7. The van der Waals surface area contributed by atoms with Gasteiger partial charge in [0.25, 0.3) is 0 Å². The summed E-state index contributed by atoms with van der Waals surface area (Å²) in [5, 5.41) is 12.2. The number of rotatable bonds is 9. The quantitative estimate of drug-likeness (QED) is 0.256. The Hall–Kier alpha value is -2.10. The fourth-order valence-electron chi connectivity index (χ4n) is 2.75. The molecule has 1 fully saturated rings. The zero-order valence-corrected chi connectivity index (χ0v) is 18.7. The molecule has 164 valence electrons. The lowest BCUT2D eigenvalue weighted by Crippen LogP contribution is -2.38. The number of methoxy groups -OCH3 is 1. The fraction of sp³-hybridized carbons (Fsp3) is 0.476. The Balaban J connectivity index is 1.62. The molecule has 1 aliphatic heterocycles. The molecule has 7 nitrogen and oxygen atoms in total. The first-order chi connectivity index (χ1) is 14.5. The van der Waals surface area contributed by atoms with Gasteiger partial charge in [-0.05, 0) is 37.8 Å². The van der Waals surface area contributed by atoms with Crippen LogP contribution in [0.1, 0.15) is 25.7 Å². The van der Waals surface area contributed by atoms with Crippen molar-refractivity contribution in [2.24, 2.45) is 0 Å². The lowest BCUT2D eigenvalue weighted by atomic mass is 10.1. The number of thioether (sulfide) groups is 1. The van der Waals surface area contributed by atoms with Gasteiger partial charge in [0.15, 0.2) is 0 Å². The molecule has 2 rings (SSSR count). The number of amides is 1. The van der Waals surface area contributed by atoms with Gasteiger partial charge in [0.2, 0.25) is 5.91 Å². The van der Waals surface area contributed by atoms with Crippen LogP contribution in [-0.2, 0) is 14.3 Å². The molecule has 1 amide bonds. The number of hydrogen-bond acceptors (Lipinski definition) is 7. The van der Waals surface area contributed by atoms with Crippen molar-refractivity contribution in [1.82, 2.24) is 4.90 Å². The minimum atomic E-state index is -0.587. The molecule has 1 saturated heterocycles. The number of anilines is 1. The first-order valence-corrected chi connectivity index (χ1v) is 11.3. The molecule has 0 bridgehead atoms. The van der Waals surface area contributed by atoms with Gasteiger partial charge in [0.05, 0.1) is 19.8 Å². The molecular formula is C21H28N2O5S2. The predicted octanol–water partition coefficient (Wildman–Crippen LogP) is 2.99. The van der Waals surface area contributed by atoms with Crippen LogP contribution in [0.2, 0.25) is 0 Å². The number of aliphatic hydroxyl groups is 1. The van der Waals surface area contributed by atoms with Crippen LogP contribution >= 0.6 is 24.0 Å². The van der Waals surface area contributed by atoms with E-state index in [0.717, 1.165) is 61.0 Å². The largest absolute Gasteiger partial charge is 0.494 e. The van der Waals surface area contributed by atoms with Crippen molar-refractivity contribution in [1.29, 1.82) is 0 Å². The lowest BCUT2D eigenvalue weighted by molar-refractivity contribution is -0.135. The van der Waals surface area contributed by atoms with E-state index >= 15 is 0 Å². The normalized spacial score (nSPS) is 14.5. The number of carbonyl (C=O) groups is 2. The highest BCUT2D eigenvalue weighted by atomic mass is 32.2. The number of thiocarbonyl (C=S) groups is 1. The smallest absolute Gasteiger partial charge is 0.330 e. The number of piperidine rings is 1. The van der Waals surface area contributed by atoms with Crippen molar-refractivity contribution in [3.8, 4) is 5.75 Å². The first kappa shape index (κ1) is 24.2. The Morgan fingerprint density at radius 1 is 1.30 bits per heavy atom. The second-order valence-electron chi connectivity index (χ2n) is 6.76. The Morgan fingerprint density at radius 2 is 2.07 bits per heavy atom. The van der Waals surface area contributed by atoms with Gasteiger partial charge in [-0.2, -0.15) is 0 Å². The van der Waals surface area contributed by atoms with E-state index in [1.807, 2.05) is 6.07 Å². The van der Waals surface area contributed by atoms with Crippen LogP contribution in [0.3, 0.4) is 0 Å². The number of unbranched alkanes of at least 4 members (excludes halogenated alkanes) is 1. The maximum absolute atomic E-state index is 11.8. The number of esters is 1. The van der Waals surface area contributed by atoms with Gasteiger partial charge in [0.1, 0.15) is 10.1 Å². The van der Waals surface area contributed by atoms with E-state index in [4.69, 9.17) is 17.0 Å². The predicted molar refractivity (Wildman–Crippen MR) is 123 cm³/mol. The number of nitrogens with zero attached hydrogens (tertiary/aromatic N) is 1. The molecule has 30 heavy (non-hydrogen) atoms. The monoisotopic (exact) mass is 452 g/mol. The summed E-state index contributed by atoms with van der Waals surface area (Å²) in [6, 6.07) is 7.10. The molecule has 0 aliphatic carbocycles. The van der Waals surface area contributed by atoms with Gasteiger partial charge in [-0.1, -0.05) is 30.0 Å². The minimum absolute atomic E-state index is 0.186. The van der Waals surface area contributed by atoms with E-state index in [1.165, 1.54) is 7.11 Å². The highest BCUT2D eigenvalue weighted by molar-refractivity contribution is 8.22. The molecule has 0 atom stereocenters. The summed E-state index contributed by atoms with van der Waals surface area (Å²) in [5.41, 5.74) is 0.583. The van der Waals surface area contributed by atoms with Crippen molar-refractivity contribution >= 4 is 45.9 Å². The molecule has 1 aromatic carbocycles. The molecule has 9 heteroatoms. The summed E-state index contributed by atoms with van der Waals surface area (Å²) in [6.45, 7) is 2.24. The van der Waals surface area contributed by atoms with E-state index in [0.29, 0.717) is 18.0 Å². The van der Waals surface area contributed by atoms with Gasteiger partial charge < -0.3 is 24.8 Å². The average molecular weight is 453 g/mol. The van der Waals surface area contributed by atoms with Gasteiger partial charge in [-0.3, -0.25) is 4.79 Å². The Labute approximate surface area is 186 Å². The third-order valence-corrected chi connectivity index (χ3v) is 6.04. The molecule has 0 saturated carbocycles. The summed E-state index contributed by atoms with van der Waals surface area (Å²) < 4.78 is 11.1. The van der Waals surface area contributed by atoms with Crippen LogP contribution in [0, 0.1) is 0 Å². The number of carbonyl (C=O) groups excluding carboxylic acids is 2. The van der Waals surface area contributed by atoms with Gasteiger partial charge in [-0.25, -0.2) is 4.79 Å². The summed E-state index contributed by atoms with van der Waals surface area (Å²) in [5.74, 6) is 0.591. The van der Waals surface area contributed by atoms with E-state index in [1.54, 1.807) is 30.0 Å². The average Bonchev–Trinajstić information content (AvgIpc) is 2.75. The fourth-order valence-corrected chi connectivity index (χ4v) is 4.07. The van der Waals surface area contributed by atoms with Gasteiger partial charge >= 0.3 is 5.97 Å². The van der Waals surface area contributed by atoms with Crippen LogP contribution in [0.5, 0.6) is 5.75 Å². The molecule has 0 unspecified atom stereocenters. The van der Waals surface area contributed by atoms with E-state index in [9.17, 15) is 14.7 Å². The lowest BCUT2D eigenvalue weighted by Gasteiger charge is -2.31. The van der Waals surface area contributed by atoms with Crippen molar-refractivity contribution < 1.29 is 24.2 Å². The summed E-state index contributed by atoms with van der Waals surface area (Å²) in [6.07, 6.45) is 5.45. The second kappa shape index (κ2) is 13.3. The van der Waals surface area contributed by atoms with Crippen molar-refractivity contribution in [3.63, 3.8) is 0 Å². The van der Waals surface area contributed by atoms with Crippen LogP contribution in [-0.4, -0.2) is 64.9 Å². The zero-order chi connectivity index (χ0) is 21.8. The number of nitrogens with one attached hydrogen (secondary N) is 1. The standard InChI is InChI=1S/C21H28N2O5S2/c1-27-20(26)8-7-19(25)22-16-5-4-6-18(15-16)28-13-2-3-14-30-21(29)23-11-9-17(24)10-12-23/h4-8,15,17,24H,2-3,9-14H2,1H3,(H,22,25)/b8-7+. The molecule has 0 spiro atoms. The van der Waals surface area contributed by atoms with Crippen LogP contribution in [0.25, 0.3) is 0 Å². The topological polar surface area (TPSA) is 88.1 Å². The third-order valence-electron chi connectivity index (χ3n) is 4.43. The van der Waals surface area contributed by atoms with Crippen LogP contribution in [0.4, 0.5) is 5.69 Å². The molecule has 0 aromatic heterocycles. The second-order valence-corrected chi connectivity index (χ2v) is 8.49. The molecule has 1 aliphatic rings. The maximum atomic E-state index is 11.8. The number of aliphatic hydroxyl groups excluding tert-OH is 1. The first-order valence-electron chi connectivity index (χ1n) is 9.87. The molecule has 0 radical (unpaired) electrons. The Bertz CT molecular complexity index is 749. The number of hydrogen-bond donors (Lipinski definition) is 2. The van der Waals surface area contributed by atoms with E-state index in [2.05, 4.69) is 15.0 Å². The van der Waals surface area contributed by atoms with Crippen LogP contribution in [0.15, 0.2) is 36.4 Å². The van der Waals surface area contributed by atoms with Gasteiger partial charge in [-0.15, -0.1) is 0 Å². The van der Waals surface area contributed by atoms with Crippen molar-refractivity contribution in [2.45, 2.75) is 31.8 Å². The van der Waals surface area contributed by atoms with E-state index < -0.39 is 11.9 Å². The highest BCUT2D eigenvalue weighted by Crippen LogP contribution is 2.19. The van der Waals surface area contributed by atoms with Crippen molar-refractivity contribution in [3.05, 3.63) is 36.4 Å². The number of ether oxygens (including phenoxy) is 2. The number of benzene rings is 1. The van der Waals surface area contributed by atoms with Crippen molar-refractivity contribution in [2.75, 3.05) is 37.9 Å². The maximum Gasteiger partial charge on any atom is 0.330 e. The Morgan fingerprint density at radius 3 is 2.80 bits per heavy atom. The molecule has 2 N–H and O–H groups in total.